The van der Waals surface area contributed by atoms with Gasteiger partial charge in [-0.15, -0.1) is 0 Å². The Morgan fingerprint density at radius 2 is 1.16 bits per heavy atom. The highest BCUT2D eigenvalue weighted by Crippen LogP contribution is 2.44. The van der Waals surface area contributed by atoms with E-state index in [0.29, 0.717) is 19.3 Å². The summed E-state index contributed by atoms with van der Waals surface area (Å²) >= 11 is 0. The van der Waals surface area contributed by atoms with Gasteiger partial charge < -0.3 is 9.38 Å². The van der Waals surface area contributed by atoms with Gasteiger partial charge >= 0.3 is 7.82 Å². The predicted molar refractivity (Wildman–Crippen MR) is 161 cm³/mol. The average Bonchev–Trinajstić information content (AvgIpc) is 2.86. The maximum atomic E-state index is 12.3. The highest BCUT2D eigenvalue weighted by Gasteiger charge is 2.24. The van der Waals surface area contributed by atoms with Gasteiger partial charge in [0.1, 0.15) is 5.78 Å². The molecule has 0 bridgehead atoms. The van der Waals surface area contributed by atoms with E-state index in [1.807, 2.05) is 6.92 Å². The van der Waals surface area contributed by atoms with Gasteiger partial charge in [-0.2, -0.15) is 0 Å². The second-order valence-corrected chi connectivity index (χ2v) is 13.8. The highest BCUT2D eigenvalue weighted by atomic mass is 31.2. The SMILES string of the molecule is CCCCCCCCCCCCCCCCCCCC(COP(=O)(O)OCCC[N+](C)(C)C)CC(=O)CC. The summed E-state index contributed by atoms with van der Waals surface area (Å²) in [6.45, 7) is 5.30. The summed E-state index contributed by atoms with van der Waals surface area (Å²) < 4.78 is 23.5. The molecule has 0 aromatic rings. The van der Waals surface area contributed by atoms with Gasteiger partial charge in [0, 0.05) is 19.3 Å². The van der Waals surface area contributed by atoms with Gasteiger partial charge in [0.05, 0.1) is 40.9 Å². The molecule has 0 fully saturated rings. The summed E-state index contributed by atoms with van der Waals surface area (Å²) in [5, 5.41) is 0. The maximum Gasteiger partial charge on any atom is 0.472 e. The first kappa shape index (κ1) is 37.7. The van der Waals surface area contributed by atoms with Crippen LogP contribution in [-0.4, -0.2) is 56.1 Å². The molecule has 228 valence electrons. The van der Waals surface area contributed by atoms with Crippen LogP contribution in [0, 0.1) is 5.92 Å². The molecule has 0 aliphatic rings. The molecule has 0 spiro atoms. The lowest BCUT2D eigenvalue weighted by molar-refractivity contribution is -0.870. The summed E-state index contributed by atoms with van der Waals surface area (Å²) in [6.07, 6.45) is 25.2. The molecule has 2 atom stereocenters. The number of Topliss-reactive ketones (excluding diaryl/α,β-unsaturated/α-hetero) is 1. The second kappa shape index (κ2) is 24.5. The van der Waals surface area contributed by atoms with E-state index < -0.39 is 7.82 Å². The Bertz CT molecular complexity index is 593. The van der Waals surface area contributed by atoms with Gasteiger partial charge in [0.25, 0.3) is 0 Å². The fourth-order valence-electron chi connectivity index (χ4n) is 4.82. The molecule has 0 aromatic heterocycles. The van der Waals surface area contributed by atoms with Crippen LogP contribution in [0.1, 0.15) is 149 Å². The summed E-state index contributed by atoms with van der Waals surface area (Å²) in [7, 11) is 2.14. The molecule has 0 aliphatic heterocycles. The van der Waals surface area contributed by atoms with Crippen molar-refractivity contribution in [3.8, 4) is 0 Å². The number of hydrogen-bond acceptors (Lipinski definition) is 4. The van der Waals surface area contributed by atoms with Crippen LogP contribution in [0.5, 0.6) is 0 Å². The fraction of sp³-hybridized carbons (Fsp3) is 0.968. The maximum absolute atomic E-state index is 12.3. The van der Waals surface area contributed by atoms with Gasteiger partial charge in [-0.3, -0.25) is 13.8 Å². The molecule has 0 amide bonds. The number of hydrogen-bond donors (Lipinski definition) is 1. The lowest BCUT2D eigenvalue weighted by Gasteiger charge is -2.24. The van der Waals surface area contributed by atoms with Crippen molar-refractivity contribution in [3.63, 3.8) is 0 Å². The minimum absolute atomic E-state index is 0.0193. The zero-order chi connectivity index (χ0) is 28.5. The normalized spacial score (nSPS) is 14.5. The van der Waals surface area contributed by atoms with E-state index in [2.05, 4.69) is 28.1 Å². The zero-order valence-corrected chi connectivity index (χ0v) is 26.9. The van der Waals surface area contributed by atoms with Gasteiger partial charge in [0.15, 0.2) is 0 Å². The van der Waals surface area contributed by atoms with E-state index in [1.165, 1.54) is 96.3 Å². The molecule has 6 nitrogen and oxygen atoms in total. The molecule has 0 rings (SSSR count). The second-order valence-electron chi connectivity index (χ2n) is 12.4. The smallest absolute Gasteiger partial charge is 0.331 e. The first-order valence-corrected chi connectivity index (χ1v) is 17.5. The topological polar surface area (TPSA) is 72.8 Å². The summed E-state index contributed by atoms with van der Waals surface area (Å²) in [6, 6.07) is 0. The number of quaternary nitrogens is 1. The van der Waals surface area contributed by atoms with Crippen molar-refractivity contribution >= 4 is 13.6 Å². The monoisotopic (exact) mass is 562 g/mol. The highest BCUT2D eigenvalue weighted by molar-refractivity contribution is 7.47. The number of phosphoric acid groups is 1. The third-order valence-corrected chi connectivity index (χ3v) is 8.31. The molecule has 2 unspecified atom stereocenters. The van der Waals surface area contributed by atoms with Crippen molar-refractivity contribution in [1.29, 1.82) is 0 Å². The van der Waals surface area contributed by atoms with E-state index in [1.54, 1.807) is 0 Å². The molecular weight excluding hydrogens is 497 g/mol. The van der Waals surface area contributed by atoms with Crippen molar-refractivity contribution in [3.05, 3.63) is 0 Å². The molecule has 7 heteroatoms. The standard InChI is InChI=1S/C31H64NO5P/c1-6-8-9-10-11-12-13-14-15-16-17-18-19-20-21-22-23-25-30(28-31(33)7-2)29-37-38(34,35)36-27-24-26-32(3,4)5/h30H,6-29H2,1-5H3/p+1. The number of carbonyl (C=O) groups excluding carboxylic acids is 1. The quantitative estimate of drug-likeness (QED) is 0.0559. The Morgan fingerprint density at radius 3 is 1.58 bits per heavy atom. The zero-order valence-electron chi connectivity index (χ0n) is 26.0. The molecule has 38 heavy (non-hydrogen) atoms. The number of phosphoric ester groups is 1. The molecule has 0 aliphatic carbocycles. The van der Waals surface area contributed by atoms with Gasteiger partial charge in [-0.25, -0.2) is 4.57 Å². The van der Waals surface area contributed by atoms with Crippen molar-refractivity contribution in [1.82, 2.24) is 0 Å². The van der Waals surface area contributed by atoms with E-state index in [4.69, 9.17) is 9.05 Å². The van der Waals surface area contributed by atoms with Crippen molar-refractivity contribution in [2.24, 2.45) is 5.92 Å². The molecule has 0 heterocycles. The first-order chi connectivity index (χ1) is 18.1. The van der Waals surface area contributed by atoms with Crippen LogP contribution in [0.2, 0.25) is 0 Å². The molecular formula is C31H65NO5P+. The summed E-state index contributed by atoms with van der Waals surface area (Å²) in [5.74, 6) is 0.163. The van der Waals surface area contributed by atoms with Crippen LogP contribution in [0.15, 0.2) is 0 Å². The van der Waals surface area contributed by atoms with Crippen molar-refractivity contribution in [2.75, 3.05) is 40.9 Å². The number of ketones is 1. The van der Waals surface area contributed by atoms with Gasteiger partial charge in [-0.05, 0) is 12.3 Å². The van der Waals surface area contributed by atoms with Crippen LogP contribution in [0.25, 0.3) is 0 Å². The number of rotatable bonds is 29. The number of carbonyl (C=O) groups is 1. The molecule has 0 saturated carbocycles. The van der Waals surface area contributed by atoms with Crippen LogP contribution < -0.4 is 0 Å². The molecule has 0 radical (unpaired) electrons. The lowest BCUT2D eigenvalue weighted by Crippen LogP contribution is -2.35. The van der Waals surface area contributed by atoms with E-state index in [-0.39, 0.29) is 24.9 Å². The third-order valence-electron chi connectivity index (χ3n) is 7.33. The summed E-state index contributed by atoms with van der Waals surface area (Å²) in [4.78, 5) is 22.0. The van der Waals surface area contributed by atoms with Crippen LogP contribution >= 0.6 is 7.82 Å². The number of unbranched alkanes of at least 4 members (excludes halogenated alkanes) is 16. The lowest BCUT2D eigenvalue weighted by atomic mass is 9.95. The predicted octanol–water partition coefficient (Wildman–Crippen LogP) is 9.24. The van der Waals surface area contributed by atoms with E-state index in [0.717, 1.165) is 30.3 Å². The fourth-order valence-corrected chi connectivity index (χ4v) is 5.66. The molecule has 0 saturated heterocycles. The molecule has 1 N–H and O–H groups in total. The Hall–Kier alpha value is -0.260. The summed E-state index contributed by atoms with van der Waals surface area (Å²) in [5.41, 5.74) is 0. The van der Waals surface area contributed by atoms with Crippen LogP contribution in [0.4, 0.5) is 0 Å². The van der Waals surface area contributed by atoms with Crippen molar-refractivity contribution < 1.29 is 27.8 Å². The largest absolute Gasteiger partial charge is 0.472 e. The molecule has 0 aromatic carbocycles. The van der Waals surface area contributed by atoms with E-state index >= 15 is 0 Å². The Labute approximate surface area is 236 Å². The van der Waals surface area contributed by atoms with Gasteiger partial charge in [0.2, 0.25) is 0 Å². The van der Waals surface area contributed by atoms with Crippen molar-refractivity contribution in [2.45, 2.75) is 149 Å². The first-order valence-electron chi connectivity index (χ1n) is 16.0. The Kier molecular flexibility index (Phi) is 24.4. The Morgan fingerprint density at radius 1 is 0.711 bits per heavy atom. The third kappa shape index (κ3) is 27.3. The van der Waals surface area contributed by atoms with Crippen LogP contribution in [-0.2, 0) is 18.4 Å². The van der Waals surface area contributed by atoms with E-state index in [9.17, 15) is 14.3 Å². The van der Waals surface area contributed by atoms with Gasteiger partial charge in [-0.1, -0.05) is 123 Å². The minimum atomic E-state index is -4.08. The van der Waals surface area contributed by atoms with Crippen LogP contribution in [0.3, 0.4) is 0 Å². The average molecular weight is 563 g/mol. The number of nitrogens with zero attached hydrogens (tertiary/aromatic N) is 1. The minimum Gasteiger partial charge on any atom is -0.331 e. The Balaban J connectivity index is 3.85.